The molecule has 2 aliphatic rings. The summed E-state index contributed by atoms with van der Waals surface area (Å²) in [6.45, 7) is 0. The number of anilines is 1. The molecular weight excluding hydrogens is 314 g/mol. The Kier molecular flexibility index (Phi) is 4.12. The topological polar surface area (TPSA) is 47.6 Å². The van der Waals surface area contributed by atoms with E-state index < -0.39 is 5.72 Å². The molecule has 1 aliphatic heterocycles. The molecule has 0 saturated heterocycles. The summed E-state index contributed by atoms with van der Waals surface area (Å²) < 4.78 is 11.4. The van der Waals surface area contributed by atoms with E-state index in [4.69, 9.17) is 9.47 Å². The highest BCUT2D eigenvalue weighted by molar-refractivity contribution is 5.97. The lowest BCUT2D eigenvalue weighted by Crippen LogP contribution is -2.50. The molecule has 2 aromatic rings. The van der Waals surface area contributed by atoms with Gasteiger partial charge in [-0.25, -0.2) is 4.79 Å². The maximum Gasteiger partial charge on any atom is 0.342 e. The first-order valence-corrected chi connectivity index (χ1v) is 8.98. The molecule has 1 heterocycles. The van der Waals surface area contributed by atoms with Crippen LogP contribution in [-0.2, 0) is 10.5 Å². The van der Waals surface area contributed by atoms with Gasteiger partial charge in [0, 0.05) is 11.5 Å². The standard InChI is InChI=1S/C21H23NO3/c1-24-17-13-11-16(12-14-17)21(15-7-3-2-4-8-15)22-19-10-6-5-9-18(19)20(23)25-21/h5-6,9-15,22H,2-4,7-8H2,1H3. The van der Waals surface area contributed by atoms with Crippen molar-refractivity contribution in [1.29, 1.82) is 0 Å². The van der Waals surface area contributed by atoms with Crippen molar-refractivity contribution in [3.8, 4) is 5.75 Å². The number of ether oxygens (including phenoxy) is 2. The molecule has 0 radical (unpaired) electrons. The largest absolute Gasteiger partial charge is 0.497 e. The lowest BCUT2D eigenvalue weighted by Gasteiger charge is -2.45. The third-order valence-electron chi connectivity index (χ3n) is 5.42. The van der Waals surface area contributed by atoms with E-state index in [0.29, 0.717) is 5.56 Å². The van der Waals surface area contributed by atoms with E-state index >= 15 is 0 Å². The van der Waals surface area contributed by atoms with Crippen LogP contribution >= 0.6 is 0 Å². The molecular formula is C21H23NO3. The zero-order valence-corrected chi connectivity index (χ0v) is 14.5. The summed E-state index contributed by atoms with van der Waals surface area (Å²) in [4.78, 5) is 12.8. The average molecular weight is 337 g/mol. The Balaban J connectivity index is 1.80. The first kappa shape index (κ1) is 16.0. The second kappa shape index (κ2) is 6.43. The molecule has 0 bridgehead atoms. The maximum atomic E-state index is 12.8. The Morgan fingerprint density at radius 2 is 1.76 bits per heavy atom. The van der Waals surface area contributed by atoms with Gasteiger partial charge in [-0.2, -0.15) is 0 Å². The Hall–Kier alpha value is -2.49. The van der Waals surface area contributed by atoms with Gasteiger partial charge in [0.15, 0.2) is 0 Å². The molecule has 4 rings (SSSR count). The van der Waals surface area contributed by atoms with Gasteiger partial charge in [-0.05, 0) is 49.2 Å². The van der Waals surface area contributed by atoms with Gasteiger partial charge < -0.3 is 14.8 Å². The van der Waals surface area contributed by atoms with E-state index in [9.17, 15) is 4.79 Å². The molecule has 0 aromatic heterocycles. The average Bonchev–Trinajstić information content (AvgIpc) is 2.68. The third kappa shape index (κ3) is 2.76. The number of cyclic esters (lactones) is 1. The number of carbonyl (C=O) groups is 1. The van der Waals surface area contributed by atoms with Crippen molar-refractivity contribution in [2.75, 3.05) is 12.4 Å². The Bertz CT molecular complexity index is 765. The van der Waals surface area contributed by atoms with Crippen LogP contribution in [0.4, 0.5) is 5.69 Å². The molecule has 2 aromatic carbocycles. The van der Waals surface area contributed by atoms with E-state index in [-0.39, 0.29) is 11.9 Å². The van der Waals surface area contributed by atoms with Gasteiger partial charge in [-0.15, -0.1) is 0 Å². The minimum Gasteiger partial charge on any atom is -0.497 e. The molecule has 1 N–H and O–H groups in total. The monoisotopic (exact) mass is 337 g/mol. The van der Waals surface area contributed by atoms with Crippen molar-refractivity contribution in [3.05, 3.63) is 59.7 Å². The predicted molar refractivity (Wildman–Crippen MR) is 96.7 cm³/mol. The highest BCUT2D eigenvalue weighted by atomic mass is 16.6. The van der Waals surface area contributed by atoms with Crippen molar-refractivity contribution in [3.63, 3.8) is 0 Å². The molecule has 0 amide bonds. The molecule has 1 aliphatic carbocycles. The summed E-state index contributed by atoms with van der Waals surface area (Å²) in [6.07, 6.45) is 5.69. The van der Waals surface area contributed by atoms with Crippen LogP contribution in [0.5, 0.6) is 5.75 Å². The van der Waals surface area contributed by atoms with Crippen molar-refractivity contribution in [1.82, 2.24) is 0 Å². The van der Waals surface area contributed by atoms with Gasteiger partial charge in [0.1, 0.15) is 5.75 Å². The number of rotatable bonds is 3. The third-order valence-corrected chi connectivity index (χ3v) is 5.42. The molecule has 1 atom stereocenters. The number of fused-ring (bicyclic) bond motifs is 1. The highest BCUT2D eigenvalue weighted by Gasteiger charge is 2.48. The van der Waals surface area contributed by atoms with E-state index in [2.05, 4.69) is 5.32 Å². The van der Waals surface area contributed by atoms with Crippen LogP contribution in [0, 0.1) is 5.92 Å². The van der Waals surface area contributed by atoms with Crippen LogP contribution < -0.4 is 10.1 Å². The van der Waals surface area contributed by atoms with Gasteiger partial charge in [-0.3, -0.25) is 0 Å². The van der Waals surface area contributed by atoms with Gasteiger partial charge in [0.2, 0.25) is 5.72 Å². The molecule has 1 saturated carbocycles. The molecule has 1 fully saturated rings. The molecule has 1 unspecified atom stereocenters. The summed E-state index contributed by atoms with van der Waals surface area (Å²) in [7, 11) is 1.65. The summed E-state index contributed by atoms with van der Waals surface area (Å²) >= 11 is 0. The fourth-order valence-electron chi connectivity index (χ4n) is 4.10. The Labute approximate surface area is 148 Å². The first-order chi connectivity index (χ1) is 12.2. The summed E-state index contributed by atoms with van der Waals surface area (Å²) in [6, 6.07) is 15.4. The van der Waals surface area contributed by atoms with Crippen LogP contribution in [0.1, 0.15) is 48.0 Å². The fourth-order valence-corrected chi connectivity index (χ4v) is 4.10. The van der Waals surface area contributed by atoms with Gasteiger partial charge in [0.25, 0.3) is 0 Å². The van der Waals surface area contributed by atoms with Crippen LogP contribution in [-0.4, -0.2) is 13.1 Å². The lowest BCUT2D eigenvalue weighted by molar-refractivity contribution is -0.0517. The molecule has 130 valence electrons. The zero-order chi connectivity index (χ0) is 17.3. The van der Waals surface area contributed by atoms with Crippen LogP contribution in [0.2, 0.25) is 0 Å². The smallest absolute Gasteiger partial charge is 0.342 e. The number of carbonyl (C=O) groups excluding carboxylic acids is 1. The van der Waals surface area contributed by atoms with E-state index in [1.54, 1.807) is 7.11 Å². The number of benzene rings is 2. The normalized spacial score (nSPS) is 23.3. The minimum atomic E-state index is -0.807. The van der Waals surface area contributed by atoms with Gasteiger partial charge >= 0.3 is 5.97 Å². The second-order valence-corrected chi connectivity index (χ2v) is 6.86. The lowest BCUT2D eigenvalue weighted by atomic mass is 9.77. The first-order valence-electron chi connectivity index (χ1n) is 8.98. The number of esters is 1. The number of hydrogen-bond acceptors (Lipinski definition) is 4. The molecule has 0 spiro atoms. The quantitative estimate of drug-likeness (QED) is 0.824. The molecule has 4 heteroatoms. The number of nitrogens with one attached hydrogen (secondary N) is 1. The summed E-state index contributed by atoms with van der Waals surface area (Å²) in [5, 5.41) is 3.58. The number of hydrogen-bond donors (Lipinski definition) is 1. The van der Waals surface area contributed by atoms with Crippen molar-refractivity contribution < 1.29 is 14.3 Å². The minimum absolute atomic E-state index is 0.254. The van der Waals surface area contributed by atoms with Gasteiger partial charge in [-0.1, -0.05) is 31.4 Å². The van der Waals surface area contributed by atoms with E-state index in [1.165, 1.54) is 19.3 Å². The van der Waals surface area contributed by atoms with E-state index in [1.807, 2.05) is 48.5 Å². The number of para-hydroxylation sites is 1. The Morgan fingerprint density at radius 1 is 1.04 bits per heavy atom. The van der Waals surface area contributed by atoms with Gasteiger partial charge in [0.05, 0.1) is 18.4 Å². The molecule has 25 heavy (non-hydrogen) atoms. The predicted octanol–water partition coefficient (Wildman–Crippen LogP) is 4.71. The van der Waals surface area contributed by atoms with Crippen LogP contribution in [0.3, 0.4) is 0 Å². The summed E-state index contributed by atoms with van der Waals surface area (Å²) in [5.74, 6) is 0.799. The van der Waals surface area contributed by atoms with Crippen molar-refractivity contribution in [2.45, 2.75) is 37.8 Å². The maximum absolute atomic E-state index is 12.8. The highest BCUT2D eigenvalue weighted by Crippen LogP contribution is 2.46. The fraction of sp³-hybridized carbons (Fsp3) is 0.381. The van der Waals surface area contributed by atoms with Crippen LogP contribution in [0.25, 0.3) is 0 Å². The Morgan fingerprint density at radius 3 is 2.48 bits per heavy atom. The van der Waals surface area contributed by atoms with E-state index in [0.717, 1.165) is 29.8 Å². The number of methoxy groups -OCH3 is 1. The van der Waals surface area contributed by atoms with Crippen LogP contribution in [0.15, 0.2) is 48.5 Å². The zero-order valence-electron chi connectivity index (χ0n) is 14.5. The van der Waals surface area contributed by atoms with Crippen molar-refractivity contribution in [2.24, 2.45) is 5.92 Å². The molecule has 4 nitrogen and oxygen atoms in total. The SMILES string of the molecule is COc1ccc(C2(C3CCCCC3)Nc3ccccc3C(=O)O2)cc1. The van der Waals surface area contributed by atoms with Crippen molar-refractivity contribution >= 4 is 11.7 Å². The summed E-state index contributed by atoms with van der Waals surface area (Å²) in [5.41, 5.74) is 1.61. The second-order valence-electron chi connectivity index (χ2n) is 6.86.